The number of benzene rings is 11. The Labute approximate surface area is 349 Å². The van der Waals surface area contributed by atoms with E-state index in [-0.39, 0.29) is 0 Å². The van der Waals surface area contributed by atoms with Gasteiger partial charge in [0.2, 0.25) is 0 Å². The van der Waals surface area contributed by atoms with Gasteiger partial charge in [-0.25, -0.2) is 0 Å². The summed E-state index contributed by atoms with van der Waals surface area (Å²) in [5, 5.41) is 7.86. The van der Waals surface area contributed by atoms with Crippen LogP contribution in [0, 0.1) is 0 Å². The topological polar surface area (TPSA) is 3.24 Å². The van der Waals surface area contributed by atoms with Crippen molar-refractivity contribution in [3.8, 4) is 44.5 Å². The fourth-order valence-electron chi connectivity index (χ4n) is 11.0. The van der Waals surface area contributed by atoms with Crippen LogP contribution in [0.4, 0.5) is 17.1 Å². The maximum absolute atomic E-state index is 2.55. The lowest BCUT2D eigenvalue weighted by molar-refractivity contribution is 0.777. The molecular weight excluding hydrogens is 723 g/mol. The van der Waals surface area contributed by atoms with Crippen LogP contribution in [0.1, 0.15) is 22.3 Å². The van der Waals surface area contributed by atoms with Crippen LogP contribution in [-0.4, -0.2) is 0 Å². The molecular formula is C59H37N. The molecule has 0 amide bonds. The SMILES string of the molecule is c1ccc(-c2ccccc2N(c2ccccc2)c2ccc3c(c2)C2(c4ccccc4-c4ccccc4-3)c3ccccc3-c3c2cc2ccc4cccc5ccc3c2c45)cc1. The highest BCUT2D eigenvalue weighted by Gasteiger charge is 2.50. The molecule has 1 nitrogen and oxygen atoms in total. The van der Waals surface area contributed by atoms with Crippen LogP contribution in [0.15, 0.2) is 224 Å². The molecule has 13 rings (SSSR count). The zero-order valence-electron chi connectivity index (χ0n) is 32.8. The minimum atomic E-state index is -0.640. The third-order valence-corrected chi connectivity index (χ3v) is 13.4. The smallest absolute Gasteiger partial charge is 0.0726 e. The van der Waals surface area contributed by atoms with Crippen molar-refractivity contribution in [2.45, 2.75) is 5.41 Å². The van der Waals surface area contributed by atoms with Crippen molar-refractivity contribution < 1.29 is 0 Å². The summed E-state index contributed by atoms with van der Waals surface area (Å²) in [5.41, 5.74) is 18.0. The van der Waals surface area contributed by atoms with Crippen molar-refractivity contribution in [1.82, 2.24) is 0 Å². The van der Waals surface area contributed by atoms with Gasteiger partial charge in [0.15, 0.2) is 0 Å². The van der Waals surface area contributed by atoms with Crippen molar-refractivity contribution >= 4 is 49.4 Å². The Hall–Kier alpha value is -7.74. The molecule has 11 aromatic carbocycles. The first-order valence-electron chi connectivity index (χ1n) is 20.9. The van der Waals surface area contributed by atoms with E-state index in [1.165, 1.54) is 99.1 Å². The molecule has 60 heavy (non-hydrogen) atoms. The van der Waals surface area contributed by atoms with E-state index < -0.39 is 5.41 Å². The number of fused-ring (bicyclic) bond motifs is 13. The lowest BCUT2D eigenvalue weighted by atomic mass is 9.65. The Morgan fingerprint density at radius 3 is 1.62 bits per heavy atom. The van der Waals surface area contributed by atoms with Gasteiger partial charge in [0.1, 0.15) is 0 Å². The van der Waals surface area contributed by atoms with E-state index >= 15 is 0 Å². The van der Waals surface area contributed by atoms with E-state index in [0.29, 0.717) is 0 Å². The number of hydrogen-bond donors (Lipinski definition) is 0. The van der Waals surface area contributed by atoms with Gasteiger partial charge >= 0.3 is 0 Å². The molecule has 0 bridgehead atoms. The Morgan fingerprint density at radius 2 is 0.867 bits per heavy atom. The molecule has 2 aliphatic carbocycles. The van der Waals surface area contributed by atoms with Gasteiger partial charge in [-0.15, -0.1) is 0 Å². The molecule has 1 heteroatoms. The first-order chi connectivity index (χ1) is 29.8. The maximum atomic E-state index is 2.55. The second kappa shape index (κ2) is 12.6. The molecule has 0 saturated heterocycles. The van der Waals surface area contributed by atoms with Gasteiger partial charge in [0.05, 0.1) is 11.1 Å². The number of rotatable bonds is 4. The molecule has 1 atom stereocenters. The van der Waals surface area contributed by atoms with E-state index in [4.69, 9.17) is 0 Å². The Bertz CT molecular complexity index is 3480. The van der Waals surface area contributed by atoms with E-state index in [1.807, 2.05) is 0 Å². The quantitative estimate of drug-likeness (QED) is 0.162. The molecule has 0 aliphatic heterocycles. The molecule has 11 aromatic rings. The largest absolute Gasteiger partial charge is 0.310 e. The van der Waals surface area contributed by atoms with Gasteiger partial charge in [0, 0.05) is 16.9 Å². The van der Waals surface area contributed by atoms with E-state index in [0.717, 1.165) is 17.1 Å². The fraction of sp³-hybridized carbons (Fsp3) is 0.0169. The summed E-state index contributed by atoms with van der Waals surface area (Å²) < 4.78 is 0. The van der Waals surface area contributed by atoms with Crippen LogP contribution in [0.5, 0.6) is 0 Å². The van der Waals surface area contributed by atoms with Crippen molar-refractivity contribution in [2.24, 2.45) is 0 Å². The fourth-order valence-corrected chi connectivity index (χ4v) is 11.0. The zero-order valence-corrected chi connectivity index (χ0v) is 32.8. The molecule has 0 fully saturated rings. The van der Waals surface area contributed by atoms with Gasteiger partial charge in [-0.1, -0.05) is 188 Å². The standard InChI is InChI=1S/C59H37N/c1-3-16-38(17-4-1)44-22-11-14-29-55(44)60(42-20-5-2-6-21-42)43-33-35-48-46-24-8-7-23-45(46)47-25-9-12-27-51(47)59(53(48)37-43)52-28-13-10-26-49(52)58-50-34-32-40-19-15-18-39-30-31-41(36-54(58)59)57(50)56(39)40/h1-37H. The molecule has 0 radical (unpaired) electrons. The summed E-state index contributed by atoms with van der Waals surface area (Å²) in [6, 6.07) is 83.9. The van der Waals surface area contributed by atoms with Gasteiger partial charge in [0.25, 0.3) is 0 Å². The lowest BCUT2D eigenvalue weighted by Crippen LogP contribution is -2.29. The minimum absolute atomic E-state index is 0.640. The number of para-hydroxylation sites is 2. The number of hydrogen-bond acceptors (Lipinski definition) is 1. The van der Waals surface area contributed by atoms with Crippen LogP contribution in [-0.2, 0) is 5.41 Å². The van der Waals surface area contributed by atoms with Crippen molar-refractivity contribution in [2.75, 3.05) is 4.90 Å². The Morgan fingerprint density at radius 1 is 0.300 bits per heavy atom. The zero-order chi connectivity index (χ0) is 39.4. The average Bonchev–Trinajstić information content (AvgIpc) is 3.56. The molecule has 0 aromatic heterocycles. The van der Waals surface area contributed by atoms with Crippen molar-refractivity contribution in [3.05, 3.63) is 247 Å². The van der Waals surface area contributed by atoms with Crippen LogP contribution in [0.2, 0.25) is 0 Å². The van der Waals surface area contributed by atoms with Gasteiger partial charge in [-0.2, -0.15) is 0 Å². The summed E-state index contributed by atoms with van der Waals surface area (Å²) in [4.78, 5) is 2.46. The maximum Gasteiger partial charge on any atom is 0.0726 e. The van der Waals surface area contributed by atoms with Gasteiger partial charge in [-0.05, 0) is 130 Å². The number of anilines is 3. The van der Waals surface area contributed by atoms with Gasteiger partial charge < -0.3 is 4.90 Å². The highest BCUT2D eigenvalue weighted by Crippen LogP contribution is 2.64. The third-order valence-electron chi connectivity index (χ3n) is 13.4. The lowest BCUT2D eigenvalue weighted by Gasteiger charge is -2.37. The monoisotopic (exact) mass is 759 g/mol. The highest BCUT2D eigenvalue weighted by atomic mass is 15.1. The summed E-state index contributed by atoms with van der Waals surface area (Å²) in [7, 11) is 0. The van der Waals surface area contributed by atoms with E-state index in [1.54, 1.807) is 0 Å². The molecule has 1 unspecified atom stereocenters. The predicted octanol–water partition coefficient (Wildman–Crippen LogP) is 15.7. The molecule has 0 saturated carbocycles. The highest BCUT2D eigenvalue weighted by molar-refractivity contribution is 6.27. The van der Waals surface area contributed by atoms with Crippen molar-refractivity contribution in [1.29, 1.82) is 0 Å². The van der Waals surface area contributed by atoms with Gasteiger partial charge in [-0.3, -0.25) is 0 Å². The second-order valence-corrected chi connectivity index (χ2v) is 16.3. The Balaban J connectivity index is 1.19. The first-order valence-corrected chi connectivity index (χ1v) is 20.9. The summed E-state index contributed by atoms with van der Waals surface area (Å²) >= 11 is 0. The summed E-state index contributed by atoms with van der Waals surface area (Å²) in [6.45, 7) is 0. The van der Waals surface area contributed by atoms with Crippen LogP contribution in [0.25, 0.3) is 76.8 Å². The number of nitrogens with zero attached hydrogens (tertiary/aromatic N) is 1. The second-order valence-electron chi connectivity index (χ2n) is 16.3. The third kappa shape index (κ3) is 4.47. The van der Waals surface area contributed by atoms with E-state index in [9.17, 15) is 0 Å². The molecule has 0 heterocycles. The van der Waals surface area contributed by atoms with Crippen LogP contribution < -0.4 is 4.90 Å². The summed E-state index contributed by atoms with van der Waals surface area (Å²) in [5.74, 6) is 0. The molecule has 278 valence electrons. The molecule has 1 spiro atoms. The predicted molar refractivity (Wildman–Crippen MR) is 252 cm³/mol. The minimum Gasteiger partial charge on any atom is -0.310 e. The first kappa shape index (κ1) is 33.3. The molecule has 2 aliphatic rings. The van der Waals surface area contributed by atoms with E-state index in [2.05, 4.69) is 229 Å². The Kier molecular flexibility index (Phi) is 7.00. The average molecular weight is 760 g/mol. The van der Waals surface area contributed by atoms with Crippen molar-refractivity contribution in [3.63, 3.8) is 0 Å². The van der Waals surface area contributed by atoms with Crippen LogP contribution >= 0.6 is 0 Å². The molecule has 0 N–H and O–H groups in total. The normalized spacial score (nSPS) is 14.7. The summed E-state index contributed by atoms with van der Waals surface area (Å²) in [6.07, 6.45) is 0. The van der Waals surface area contributed by atoms with Crippen LogP contribution in [0.3, 0.4) is 0 Å².